The Morgan fingerprint density at radius 3 is 2.36 bits per heavy atom. The Hall–Kier alpha value is -1.61. The molecular weight excluding hydrogens is 292 g/mol. The number of benzene rings is 1. The number of hydrogen-bond donors (Lipinski definition) is 0. The molecule has 0 saturated carbocycles. The summed E-state index contributed by atoms with van der Waals surface area (Å²) >= 11 is 1.51. The molecule has 0 bridgehead atoms. The monoisotopic (exact) mass is 316 g/mol. The van der Waals surface area contributed by atoms with E-state index in [-0.39, 0.29) is 0 Å². The van der Waals surface area contributed by atoms with Gasteiger partial charge in [-0.05, 0) is 48.4 Å². The average Bonchev–Trinajstić information content (AvgIpc) is 3.04. The molecule has 2 aromatic rings. The summed E-state index contributed by atoms with van der Waals surface area (Å²) in [4.78, 5) is 12.6. The molecule has 0 radical (unpaired) electrons. The van der Waals surface area contributed by atoms with Crippen LogP contribution >= 0.6 is 11.3 Å². The second-order valence-corrected chi connectivity index (χ2v) is 6.58. The quantitative estimate of drug-likeness (QED) is 0.399. The first kappa shape index (κ1) is 16.8. The van der Waals surface area contributed by atoms with Gasteiger partial charge in [0, 0.05) is 4.88 Å². The fourth-order valence-corrected chi connectivity index (χ4v) is 3.19. The summed E-state index contributed by atoms with van der Waals surface area (Å²) in [6, 6.07) is 12.0. The zero-order valence-corrected chi connectivity index (χ0v) is 14.0. The first-order chi connectivity index (χ1) is 10.8. The molecule has 22 heavy (non-hydrogen) atoms. The van der Waals surface area contributed by atoms with Gasteiger partial charge in [0.2, 0.25) is 0 Å². The highest BCUT2D eigenvalue weighted by molar-refractivity contribution is 7.17. The Balaban J connectivity index is 1.74. The number of aldehydes is 1. The van der Waals surface area contributed by atoms with E-state index in [9.17, 15) is 4.79 Å². The standard InChI is InChI=1S/C19H24O2S/c1-2-3-4-5-6-7-14-21-17-10-8-16(9-11-17)19-13-12-18(15-20)22-19/h8-13,15H,2-7,14H2,1H3. The molecule has 2 nitrogen and oxygen atoms in total. The van der Waals surface area contributed by atoms with Crippen molar-refractivity contribution in [3.63, 3.8) is 0 Å². The number of rotatable bonds is 10. The van der Waals surface area contributed by atoms with E-state index in [0.717, 1.165) is 40.4 Å². The van der Waals surface area contributed by atoms with Crippen LogP contribution in [0.25, 0.3) is 10.4 Å². The Labute approximate surface area is 137 Å². The van der Waals surface area contributed by atoms with Crippen LogP contribution in [0, 0.1) is 0 Å². The van der Waals surface area contributed by atoms with Gasteiger partial charge in [-0.25, -0.2) is 0 Å². The lowest BCUT2D eigenvalue weighted by Crippen LogP contribution is -1.97. The van der Waals surface area contributed by atoms with Gasteiger partial charge in [0.15, 0.2) is 6.29 Å². The Morgan fingerprint density at radius 2 is 1.68 bits per heavy atom. The number of hydrogen-bond acceptors (Lipinski definition) is 3. The molecule has 0 N–H and O–H groups in total. The van der Waals surface area contributed by atoms with Crippen LogP contribution in [-0.4, -0.2) is 12.9 Å². The van der Waals surface area contributed by atoms with Crippen molar-refractivity contribution >= 4 is 17.6 Å². The van der Waals surface area contributed by atoms with Gasteiger partial charge in [-0.3, -0.25) is 4.79 Å². The van der Waals surface area contributed by atoms with Gasteiger partial charge < -0.3 is 4.74 Å². The third-order valence-corrected chi connectivity index (χ3v) is 4.71. The molecule has 118 valence electrons. The van der Waals surface area contributed by atoms with E-state index >= 15 is 0 Å². The van der Waals surface area contributed by atoms with Gasteiger partial charge in [-0.2, -0.15) is 0 Å². The summed E-state index contributed by atoms with van der Waals surface area (Å²) in [5, 5.41) is 0. The second-order valence-electron chi connectivity index (χ2n) is 5.46. The lowest BCUT2D eigenvalue weighted by Gasteiger charge is -2.07. The second kappa shape index (κ2) is 9.42. The smallest absolute Gasteiger partial charge is 0.160 e. The number of carbonyl (C=O) groups excluding carboxylic acids is 1. The van der Waals surface area contributed by atoms with Crippen LogP contribution in [-0.2, 0) is 0 Å². The van der Waals surface area contributed by atoms with Crippen molar-refractivity contribution in [3.05, 3.63) is 41.3 Å². The van der Waals surface area contributed by atoms with Gasteiger partial charge >= 0.3 is 0 Å². The van der Waals surface area contributed by atoms with E-state index in [1.165, 1.54) is 43.4 Å². The van der Waals surface area contributed by atoms with Crippen molar-refractivity contribution in [2.45, 2.75) is 45.4 Å². The highest BCUT2D eigenvalue weighted by Gasteiger charge is 2.02. The first-order valence-electron chi connectivity index (χ1n) is 8.11. The lowest BCUT2D eigenvalue weighted by atomic mass is 10.1. The van der Waals surface area contributed by atoms with Crippen LogP contribution in [0.3, 0.4) is 0 Å². The lowest BCUT2D eigenvalue weighted by molar-refractivity contribution is 0.112. The summed E-state index contributed by atoms with van der Waals surface area (Å²) < 4.78 is 5.78. The van der Waals surface area contributed by atoms with Crippen molar-refractivity contribution in [1.29, 1.82) is 0 Å². The van der Waals surface area contributed by atoms with Crippen LogP contribution in [0.5, 0.6) is 5.75 Å². The number of ether oxygens (including phenoxy) is 1. The normalized spacial score (nSPS) is 10.6. The first-order valence-corrected chi connectivity index (χ1v) is 8.93. The van der Waals surface area contributed by atoms with Crippen molar-refractivity contribution in [1.82, 2.24) is 0 Å². The molecule has 0 fully saturated rings. The Kier molecular flexibility index (Phi) is 7.17. The summed E-state index contributed by atoms with van der Waals surface area (Å²) in [5.74, 6) is 0.921. The predicted molar refractivity (Wildman–Crippen MR) is 94.0 cm³/mol. The van der Waals surface area contributed by atoms with Crippen LogP contribution in [0.15, 0.2) is 36.4 Å². The zero-order chi connectivity index (χ0) is 15.6. The third kappa shape index (κ3) is 5.30. The zero-order valence-electron chi connectivity index (χ0n) is 13.2. The van der Waals surface area contributed by atoms with E-state index < -0.39 is 0 Å². The molecule has 0 amide bonds. The Morgan fingerprint density at radius 1 is 0.955 bits per heavy atom. The molecule has 0 unspecified atom stereocenters. The van der Waals surface area contributed by atoms with Crippen LogP contribution < -0.4 is 4.74 Å². The summed E-state index contributed by atoms with van der Waals surface area (Å²) in [6.45, 7) is 3.03. The minimum absolute atomic E-state index is 0.762. The number of unbranched alkanes of at least 4 members (excludes halogenated alkanes) is 5. The Bertz CT molecular complexity index is 557. The van der Waals surface area contributed by atoms with Crippen molar-refractivity contribution in [3.8, 4) is 16.2 Å². The van der Waals surface area contributed by atoms with Crippen molar-refractivity contribution < 1.29 is 9.53 Å². The average molecular weight is 316 g/mol. The van der Waals surface area contributed by atoms with Gasteiger partial charge in [0.05, 0.1) is 11.5 Å². The van der Waals surface area contributed by atoms with Gasteiger partial charge in [-0.15, -0.1) is 11.3 Å². The topological polar surface area (TPSA) is 26.3 Å². The molecule has 2 rings (SSSR count). The number of carbonyl (C=O) groups is 1. The van der Waals surface area contributed by atoms with Gasteiger partial charge in [0.1, 0.15) is 5.75 Å². The molecule has 0 spiro atoms. The molecule has 1 aromatic heterocycles. The molecule has 0 aliphatic heterocycles. The number of thiophene rings is 1. The van der Waals surface area contributed by atoms with Crippen LogP contribution in [0.1, 0.15) is 55.1 Å². The summed E-state index contributed by atoms with van der Waals surface area (Å²) in [6.07, 6.45) is 8.56. The van der Waals surface area contributed by atoms with E-state index in [4.69, 9.17) is 4.74 Å². The minimum atomic E-state index is 0.762. The maximum atomic E-state index is 10.7. The van der Waals surface area contributed by atoms with Crippen molar-refractivity contribution in [2.75, 3.05) is 6.61 Å². The van der Waals surface area contributed by atoms with Crippen LogP contribution in [0.2, 0.25) is 0 Å². The molecular formula is C19H24O2S. The maximum absolute atomic E-state index is 10.7. The van der Waals surface area contributed by atoms with Gasteiger partial charge in [-0.1, -0.05) is 39.0 Å². The fourth-order valence-electron chi connectivity index (χ4n) is 2.36. The molecule has 0 aliphatic carbocycles. The minimum Gasteiger partial charge on any atom is -0.494 e. The summed E-state index contributed by atoms with van der Waals surface area (Å²) in [7, 11) is 0. The van der Waals surface area contributed by atoms with E-state index in [1.54, 1.807) is 0 Å². The fraction of sp³-hybridized carbons (Fsp3) is 0.421. The van der Waals surface area contributed by atoms with Crippen molar-refractivity contribution in [2.24, 2.45) is 0 Å². The molecule has 1 aromatic carbocycles. The summed E-state index contributed by atoms with van der Waals surface area (Å²) in [5.41, 5.74) is 1.13. The highest BCUT2D eigenvalue weighted by atomic mass is 32.1. The third-order valence-electron chi connectivity index (χ3n) is 3.65. The maximum Gasteiger partial charge on any atom is 0.160 e. The molecule has 0 saturated heterocycles. The predicted octanol–water partition coefficient (Wildman–Crippen LogP) is 5.97. The molecule has 0 aliphatic rings. The highest BCUT2D eigenvalue weighted by Crippen LogP contribution is 2.28. The molecule has 1 heterocycles. The molecule has 0 atom stereocenters. The largest absolute Gasteiger partial charge is 0.494 e. The van der Waals surface area contributed by atoms with E-state index in [1.807, 2.05) is 24.3 Å². The SMILES string of the molecule is CCCCCCCCOc1ccc(-c2ccc(C=O)s2)cc1. The molecule has 3 heteroatoms. The van der Waals surface area contributed by atoms with E-state index in [2.05, 4.69) is 19.1 Å². The van der Waals surface area contributed by atoms with E-state index in [0.29, 0.717) is 0 Å². The van der Waals surface area contributed by atoms with Crippen LogP contribution in [0.4, 0.5) is 0 Å². The van der Waals surface area contributed by atoms with Gasteiger partial charge in [0.25, 0.3) is 0 Å².